The van der Waals surface area contributed by atoms with Gasteiger partial charge in [0.25, 0.3) is 0 Å². The quantitative estimate of drug-likeness (QED) is 0.212. The van der Waals surface area contributed by atoms with E-state index in [0.29, 0.717) is 0 Å². The molecule has 0 aliphatic heterocycles. The highest BCUT2D eigenvalue weighted by Crippen LogP contribution is 2.49. The van der Waals surface area contributed by atoms with Crippen molar-refractivity contribution < 1.29 is 0 Å². The number of unbranched alkanes of at least 4 members (excludes halogenated alkanes) is 7. The zero-order valence-corrected chi connectivity index (χ0v) is 14.8. The van der Waals surface area contributed by atoms with Gasteiger partial charge in [-0.1, -0.05) is 74.3 Å². The van der Waals surface area contributed by atoms with Gasteiger partial charge in [0.15, 0.2) is 0 Å². The first kappa shape index (κ1) is 18.1. The van der Waals surface area contributed by atoms with Gasteiger partial charge < -0.3 is 0 Å². The SMILES string of the molecule is CCCCCCCCCCSSSSSS. The van der Waals surface area contributed by atoms with Crippen LogP contribution in [0.3, 0.4) is 0 Å². The van der Waals surface area contributed by atoms with E-state index in [-0.39, 0.29) is 0 Å². The lowest BCUT2D eigenvalue weighted by molar-refractivity contribution is 0.586. The third-order valence-corrected chi connectivity index (χ3v) is 11.3. The van der Waals surface area contributed by atoms with Crippen molar-refractivity contribution in [3.05, 3.63) is 0 Å². The Labute approximate surface area is 125 Å². The monoisotopic (exact) mass is 334 g/mol. The van der Waals surface area contributed by atoms with Crippen LogP contribution in [0, 0.1) is 0 Å². The summed E-state index contributed by atoms with van der Waals surface area (Å²) in [7, 11) is 8.92. The molecule has 6 heteroatoms. The summed E-state index contributed by atoms with van der Waals surface area (Å²) < 4.78 is 0. The summed E-state index contributed by atoms with van der Waals surface area (Å²) in [4.78, 5) is 0. The lowest BCUT2D eigenvalue weighted by Gasteiger charge is -2.01. The zero-order chi connectivity index (χ0) is 11.9. The molecule has 0 radical (unpaired) electrons. The molecular formula is C10H22S6. The number of thiol groups is 1. The molecule has 0 atom stereocenters. The van der Waals surface area contributed by atoms with E-state index in [1.54, 1.807) is 9.83 Å². The average molecular weight is 335 g/mol. The van der Waals surface area contributed by atoms with E-state index in [4.69, 9.17) is 0 Å². The fraction of sp³-hybridized carbons (Fsp3) is 1.00. The first-order valence-corrected chi connectivity index (χ1v) is 13.2. The normalized spacial score (nSPS) is 10.9. The van der Waals surface area contributed by atoms with Gasteiger partial charge in [0.2, 0.25) is 0 Å². The molecule has 0 saturated carbocycles. The summed E-state index contributed by atoms with van der Waals surface area (Å²) in [6, 6.07) is 0. The Bertz CT molecular complexity index is 108. The summed E-state index contributed by atoms with van der Waals surface area (Å²) in [5.74, 6) is 1.30. The lowest BCUT2D eigenvalue weighted by atomic mass is 10.1. The molecule has 0 bridgehead atoms. The van der Waals surface area contributed by atoms with Gasteiger partial charge in [-0.05, 0) is 45.7 Å². The maximum Gasteiger partial charge on any atom is 0.00454 e. The first-order valence-electron chi connectivity index (χ1n) is 5.85. The highest BCUT2D eigenvalue weighted by Gasteiger charge is 1.94. The summed E-state index contributed by atoms with van der Waals surface area (Å²) in [5, 5.41) is 0. The molecule has 0 N–H and O–H groups in total. The fourth-order valence-corrected chi connectivity index (χ4v) is 10.3. The second-order valence-electron chi connectivity index (χ2n) is 3.58. The lowest BCUT2D eigenvalue weighted by Crippen LogP contribution is -1.81. The molecule has 0 aromatic carbocycles. The predicted octanol–water partition coefficient (Wildman–Crippen LogP) is 7.30. The second kappa shape index (κ2) is 17.1. The zero-order valence-electron chi connectivity index (χ0n) is 9.85. The van der Waals surface area contributed by atoms with E-state index in [9.17, 15) is 0 Å². The summed E-state index contributed by atoms with van der Waals surface area (Å²) >= 11 is 4.06. The molecule has 0 fully saturated rings. The minimum absolute atomic E-state index is 1.30. The molecule has 0 aliphatic carbocycles. The van der Waals surface area contributed by atoms with Gasteiger partial charge in [-0.2, -0.15) is 0 Å². The fourth-order valence-electron chi connectivity index (χ4n) is 1.37. The molecule has 0 rings (SSSR count). The number of hydrogen-bond donors (Lipinski definition) is 1. The Morgan fingerprint density at radius 1 is 0.750 bits per heavy atom. The highest BCUT2D eigenvalue weighted by molar-refractivity contribution is 9.41. The third-order valence-electron chi connectivity index (χ3n) is 2.22. The van der Waals surface area contributed by atoms with Gasteiger partial charge in [0.05, 0.1) is 0 Å². The summed E-state index contributed by atoms with van der Waals surface area (Å²) in [6.45, 7) is 2.28. The Morgan fingerprint density at radius 3 is 2.00 bits per heavy atom. The van der Waals surface area contributed by atoms with Gasteiger partial charge in [0, 0.05) is 5.75 Å². The molecule has 0 heterocycles. The molecule has 0 aromatic rings. The standard InChI is InChI=1S/C10H22S6/c1-2-3-4-5-6-7-8-9-10-12-14-16-15-13-11/h11H,2-10H2,1H3. The Kier molecular flexibility index (Phi) is 19.3. The van der Waals surface area contributed by atoms with Crippen LogP contribution < -0.4 is 0 Å². The minimum Gasteiger partial charge on any atom is -0.0988 e. The molecule has 0 nitrogen and oxygen atoms in total. The van der Waals surface area contributed by atoms with Crippen LogP contribution in [0.25, 0.3) is 0 Å². The van der Waals surface area contributed by atoms with Crippen molar-refractivity contribution in [3.63, 3.8) is 0 Å². The number of hydrogen-bond acceptors (Lipinski definition) is 6. The van der Waals surface area contributed by atoms with Crippen LogP contribution in [0.4, 0.5) is 0 Å². The molecular weight excluding hydrogens is 313 g/mol. The van der Waals surface area contributed by atoms with Crippen LogP contribution in [0.15, 0.2) is 0 Å². The van der Waals surface area contributed by atoms with Crippen LogP contribution in [0.2, 0.25) is 0 Å². The maximum atomic E-state index is 4.06. The Hall–Kier alpha value is 2.10. The Morgan fingerprint density at radius 2 is 1.38 bits per heavy atom. The van der Waals surface area contributed by atoms with E-state index in [0.717, 1.165) is 0 Å². The van der Waals surface area contributed by atoms with Crippen LogP contribution in [0.1, 0.15) is 58.3 Å². The molecule has 0 unspecified atom stereocenters. The first-order chi connectivity index (χ1) is 7.91. The van der Waals surface area contributed by atoms with Crippen LogP contribution in [-0.4, -0.2) is 5.75 Å². The average Bonchev–Trinajstić information content (AvgIpc) is 2.31. The van der Waals surface area contributed by atoms with Crippen molar-refractivity contribution in [1.29, 1.82) is 0 Å². The van der Waals surface area contributed by atoms with E-state index in [1.807, 2.05) is 30.4 Å². The molecule has 16 heavy (non-hydrogen) atoms. The van der Waals surface area contributed by atoms with Gasteiger partial charge >= 0.3 is 0 Å². The largest absolute Gasteiger partial charge is 0.0988 e. The second-order valence-corrected chi connectivity index (χ2v) is 12.2. The third kappa shape index (κ3) is 16.1. The van der Waals surface area contributed by atoms with Crippen molar-refractivity contribution in [2.24, 2.45) is 0 Å². The smallest absolute Gasteiger partial charge is 0.00454 e. The van der Waals surface area contributed by atoms with Crippen LogP contribution >= 0.6 is 61.8 Å². The molecule has 0 saturated heterocycles. The van der Waals surface area contributed by atoms with E-state index < -0.39 is 0 Å². The van der Waals surface area contributed by atoms with Gasteiger partial charge in [-0.15, -0.1) is 0 Å². The highest BCUT2D eigenvalue weighted by atomic mass is 33.9. The predicted molar refractivity (Wildman–Crippen MR) is 94.4 cm³/mol. The maximum absolute atomic E-state index is 4.06. The van der Waals surface area contributed by atoms with E-state index in [2.05, 4.69) is 18.6 Å². The molecule has 0 amide bonds. The van der Waals surface area contributed by atoms with E-state index >= 15 is 0 Å². The van der Waals surface area contributed by atoms with Crippen molar-refractivity contribution in [2.45, 2.75) is 58.3 Å². The van der Waals surface area contributed by atoms with Gasteiger partial charge in [-0.25, -0.2) is 0 Å². The molecule has 0 spiro atoms. The summed E-state index contributed by atoms with van der Waals surface area (Å²) in [5.41, 5.74) is 0. The van der Waals surface area contributed by atoms with Crippen molar-refractivity contribution in [2.75, 3.05) is 5.75 Å². The molecule has 98 valence electrons. The topological polar surface area (TPSA) is 0 Å². The van der Waals surface area contributed by atoms with Crippen LogP contribution in [-0.2, 0) is 0 Å². The van der Waals surface area contributed by atoms with Gasteiger partial charge in [-0.3, -0.25) is 0 Å². The molecule has 0 aliphatic rings. The van der Waals surface area contributed by atoms with E-state index in [1.165, 1.54) is 66.9 Å². The Balaban J connectivity index is 2.83. The molecule has 0 aromatic heterocycles. The minimum atomic E-state index is 1.30. The van der Waals surface area contributed by atoms with Crippen molar-refractivity contribution >= 4 is 61.8 Å². The van der Waals surface area contributed by atoms with Crippen molar-refractivity contribution in [3.8, 4) is 0 Å². The van der Waals surface area contributed by atoms with Gasteiger partial charge in [0.1, 0.15) is 0 Å². The van der Waals surface area contributed by atoms with Crippen LogP contribution in [0.5, 0.6) is 0 Å². The summed E-state index contributed by atoms with van der Waals surface area (Å²) in [6.07, 6.45) is 11.3. The van der Waals surface area contributed by atoms with Crippen molar-refractivity contribution in [1.82, 2.24) is 0 Å². The number of rotatable bonds is 13.